The molecule has 3 aromatic rings. The highest BCUT2D eigenvalue weighted by atomic mass is 16.5. The average Bonchev–Trinajstić information content (AvgIpc) is 2.92. The zero-order chi connectivity index (χ0) is 17.3. The quantitative estimate of drug-likeness (QED) is 0.722. The van der Waals surface area contributed by atoms with Crippen LogP contribution in [0, 0.1) is 6.92 Å². The molecule has 0 aliphatic heterocycles. The summed E-state index contributed by atoms with van der Waals surface area (Å²) in [7, 11) is 0. The lowest BCUT2D eigenvalue weighted by atomic mass is 10.1. The zero-order valence-corrected chi connectivity index (χ0v) is 13.6. The van der Waals surface area contributed by atoms with Gasteiger partial charge in [0.1, 0.15) is 23.7 Å². The number of pyridine rings is 1. The van der Waals surface area contributed by atoms with Gasteiger partial charge in [-0.2, -0.15) is 0 Å². The van der Waals surface area contributed by atoms with E-state index in [0.717, 1.165) is 16.7 Å². The molecule has 1 N–H and O–H groups in total. The highest BCUT2D eigenvalue weighted by molar-refractivity contribution is 5.94. The van der Waals surface area contributed by atoms with E-state index >= 15 is 0 Å². The van der Waals surface area contributed by atoms with Crippen molar-refractivity contribution in [2.24, 2.45) is 0 Å². The minimum atomic E-state index is -1.01. The number of benzene rings is 1. The van der Waals surface area contributed by atoms with E-state index < -0.39 is 5.97 Å². The Labute approximate surface area is 139 Å². The molecule has 0 saturated heterocycles. The van der Waals surface area contributed by atoms with E-state index in [1.807, 2.05) is 38.1 Å². The zero-order valence-electron chi connectivity index (χ0n) is 13.6. The molecule has 0 saturated carbocycles. The maximum Gasteiger partial charge on any atom is 0.355 e. The van der Waals surface area contributed by atoms with E-state index in [1.54, 1.807) is 22.7 Å². The molecule has 0 amide bonds. The van der Waals surface area contributed by atoms with Crippen LogP contribution in [-0.2, 0) is 0 Å². The van der Waals surface area contributed by atoms with Crippen molar-refractivity contribution in [3.63, 3.8) is 0 Å². The molecule has 0 fully saturated rings. The molecule has 0 aliphatic rings. The summed E-state index contributed by atoms with van der Waals surface area (Å²) < 4.78 is 7.16. The Morgan fingerprint density at radius 3 is 2.62 bits per heavy atom. The molecule has 122 valence electrons. The van der Waals surface area contributed by atoms with Crippen LogP contribution in [0.4, 0.5) is 0 Å². The highest BCUT2D eigenvalue weighted by Crippen LogP contribution is 2.27. The fourth-order valence-electron chi connectivity index (χ4n) is 2.47. The number of aromatic nitrogens is 2. The van der Waals surface area contributed by atoms with Gasteiger partial charge < -0.3 is 9.84 Å². The number of hydrogen-bond acceptors (Lipinski definition) is 3. The van der Waals surface area contributed by atoms with E-state index in [0.29, 0.717) is 23.7 Å². The number of carboxylic acids is 1. The number of aromatic carboxylic acids is 1. The van der Waals surface area contributed by atoms with Gasteiger partial charge in [0.15, 0.2) is 5.69 Å². The molecule has 1 aromatic carbocycles. The number of nitrogens with zero attached hydrogens (tertiary/aromatic N) is 2. The van der Waals surface area contributed by atoms with E-state index in [4.69, 9.17) is 4.74 Å². The van der Waals surface area contributed by atoms with Crippen molar-refractivity contribution in [3.8, 4) is 17.0 Å². The van der Waals surface area contributed by atoms with E-state index in [-0.39, 0.29) is 5.69 Å². The number of carboxylic acid groups (broad SMARTS) is 1. The van der Waals surface area contributed by atoms with Gasteiger partial charge in [0.05, 0.1) is 0 Å². The maximum absolute atomic E-state index is 11.7. The van der Waals surface area contributed by atoms with E-state index in [2.05, 4.69) is 11.6 Å². The Morgan fingerprint density at radius 1 is 1.29 bits per heavy atom. The minimum absolute atomic E-state index is 0.153. The van der Waals surface area contributed by atoms with Crippen LogP contribution in [0.1, 0.15) is 23.0 Å². The molecule has 0 unspecified atom stereocenters. The van der Waals surface area contributed by atoms with Crippen LogP contribution in [0.2, 0.25) is 0 Å². The largest absolute Gasteiger partial charge is 0.489 e. The number of fused-ring (bicyclic) bond motifs is 1. The Morgan fingerprint density at radius 2 is 2.00 bits per heavy atom. The number of imidazole rings is 1. The number of ether oxygens (including phenoxy) is 1. The third-order valence-corrected chi connectivity index (χ3v) is 3.60. The molecule has 2 heterocycles. The maximum atomic E-state index is 11.7. The van der Waals surface area contributed by atoms with Gasteiger partial charge in [0, 0.05) is 11.8 Å². The summed E-state index contributed by atoms with van der Waals surface area (Å²) in [4.78, 5) is 16.2. The number of carbonyl (C=O) groups is 1. The molecule has 5 nitrogen and oxygen atoms in total. The van der Waals surface area contributed by atoms with Crippen LogP contribution < -0.4 is 4.74 Å². The Balaban J connectivity index is 2.03. The standard InChI is InChI=1S/C19H18N2O3/c1-12(2)11-24-15-6-4-14(5-7-15)17-18(19(22)23)21-9-8-13(3)10-16(21)20-17/h4-10H,1,11H2,2-3H3,(H,22,23). The molecule has 2 aromatic heterocycles. The molecular formula is C19H18N2O3. The van der Waals surface area contributed by atoms with Crippen molar-refractivity contribution in [1.29, 1.82) is 0 Å². The lowest BCUT2D eigenvalue weighted by molar-refractivity contribution is 0.0690. The summed E-state index contributed by atoms with van der Waals surface area (Å²) in [6.45, 7) is 8.09. The fourth-order valence-corrected chi connectivity index (χ4v) is 2.47. The summed E-state index contributed by atoms with van der Waals surface area (Å²) >= 11 is 0. The summed E-state index contributed by atoms with van der Waals surface area (Å²) in [5, 5.41) is 9.59. The van der Waals surface area contributed by atoms with Gasteiger partial charge in [-0.25, -0.2) is 9.78 Å². The van der Waals surface area contributed by atoms with E-state index in [9.17, 15) is 9.90 Å². The molecular weight excluding hydrogens is 304 g/mol. The van der Waals surface area contributed by atoms with Crippen LogP contribution in [0.3, 0.4) is 0 Å². The fraction of sp³-hybridized carbons (Fsp3) is 0.158. The lowest BCUT2D eigenvalue weighted by Crippen LogP contribution is -2.03. The van der Waals surface area contributed by atoms with Crippen LogP contribution in [0.25, 0.3) is 16.9 Å². The smallest absolute Gasteiger partial charge is 0.355 e. The molecule has 0 spiro atoms. The first kappa shape index (κ1) is 15.8. The second-order valence-corrected chi connectivity index (χ2v) is 5.82. The predicted molar refractivity (Wildman–Crippen MR) is 92.6 cm³/mol. The first-order chi connectivity index (χ1) is 11.5. The van der Waals surface area contributed by atoms with Gasteiger partial charge in [0.25, 0.3) is 0 Å². The van der Waals surface area contributed by atoms with Crippen molar-refractivity contribution in [1.82, 2.24) is 9.38 Å². The third kappa shape index (κ3) is 3.01. The van der Waals surface area contributed by atoms with Crippen molar-refractivity contribution >= 4 is 11.6 Å². The number of aryl methyl sites for hydroxylation is 1. The minimum Gasteiger partial charge on any atom is -0.489 e. The van der Waals surface area contributed by atoms with Gasteiger partial charge in [0.2, 0.25) is 0 Å². The lowest BCUT2D eigenvalue weighted by Gasteiger charge is -2.06. The molecule has 0 bridgehead atoms. The van der Waals surface area contributed by atoms with Gasteiger partial charge >= 0.3 is 5.97 Å². The first-order valence-corrected chi connectivity index (χ1v) is 7.55. The van der Waals surface area contributed by atoms with Crippen molar-refractivity contribution < 1.29 is 14.6 Å². The van der Waals surface area contributed by atoms with Crippen molar-refractivity contribution in [2.75, 3.05) is 6.61 Å². The van der Waals surface area contributed by atoms with Crippen molar-refractivity contribution in [3.05, 3.63) is 66.0 Å². The number of rotatable bonds is 5. The summed E-state index contributed by atoms with van der Waals surface area (Å²) in [5.41, 5.74) is 3.91. The summed E-state index contributed by atoms with van der Waals surface area (Å²) in [6.07, 6.45) is 1.73. The molecule has 0 atom stereocenters. The topological polar surface area (TPSA) is 63.8 Å². The Hall–Kier alpha value is -3.08. The molecule has 3 rings (SSSR count). The van der Waals surface area contributed by atoms with Crippen LogP contribution in [-0.4, -0.2) is 27.1 Å². The van der Waals surface area contributed by atoms with E-state index in [1.165, 1.54) is 0 Å². The molecule has 5 heteroatoms. The van der Waals surface area contributed by atoms with Crippen LogP contribution in [0.5, 0.6) is 5.75 Å². The van der Waals surface area contributed by atoms with Crippen LogP contribution >= 0.6 is 0 Å². The third-order valence-electron chi connectivity index (χ3n) is 3.60. The second-order valence-electron chi connectivity index (χ2n) is 5.82. The van der Waals surface area contributed by atoms with Crippen molar-refractivity contribution in [2.45, 2.75) is 13.8 Å². The number of hydrogen-bond donors (Lipinski definition) is 1. The summed E-state index contributed by atoms with van der Waals surface area (Å²) in [6, 6.07) is 11.0. The predicted octanol–water partition coefficient (Wildman–Crippen LogP) is 3.96. The summed E-state index contributed by atoms with van der Waals surface area (Å²) in [5.74, 6) is -0.304. The van der Waals surface area contributed by atoms with Gasteiger partial charge in [-0.15, -0.1) is 0 Å². The van der Waals surface area contributed by atoms with Crippen LogP contribution in [0.15, 0.2) is 54.7 Å². The highest BCUT2D eigenvalue weighted by Gasteiger charge is 2.19. The SMILES string of the molecule is C=C(C)COc1ccc(-c2nc3cc(C)ccn3c2C(=O)O)cc1. The molecule has 0 aliphatic carbocycles. The monoisotopic (exact) mass is 322 g/mol. The normalized spacial score (nSPS) is 10.8. The molecule has 24 heavy (non-hydrogen) atoms. The van der Waals surface area contributed by atoms with Gasteiger partial charge in [-0.1, -0.05) is 6.58 Å². The Bertz CT molecular complexity index is 924. The molecule has 0 radical (unpaired) electrons. The average molecular weight is 322 g/mol. The van der Waals surface area contributed by atoms with Gasteiger partial charge in [-0.3, -0.25) is 4.40 Å². The first-order valence-electron chi connectivity index (χ1n) is 7.55. The second kappa shape index (κ2) is 6.20. The van der Waals surface area contributed by atoms with Gasteiger partial charge in [-0.05, 0) is 61.4 Å². The Kier molecular flexibility index (Phi) is 4.08.